The highest BCUT2D eigenvalue weighted by atomic mass is 35.5. The Morgan fingerprint density at radius 1 is 1.12 bits per heavy atom. The van der Waals surface area contributed by atoms with Gasteiger partial charge >= 0.3 is 0 Å². The second-order valence-electron chi connectivity index (χ2n) is 7.30. The lowest BCUT2D eigenvalue weighted by atomic mass is 10.1. The number of nitrogens with zero attached hydrogens (tertiary/aromatic N) is 3. The van der Waals surface area contributed by atoms with E-state index in [0.717, 1.165) is 15.3 Å². The smallest absolute Gasteiger partial charge is 0.294 e. The van der Waals surface area contributed by atoms with Crippen molar-refractivity contribution in [2.75, 3.05) is 19.5 Å². The van der Waals surface area contributed by atoms with Crippen LogP contribution in [-0.2, 0) is 11.3 Å². The molecule has 0 aliphatic rings. The summed E-state index contributed by atoms with van der Waals surface area (Å²) in [4.78, 5) is 30.1. The van der Waals surface area contributed by atoms with Crippen molar-refractivity contribution < 1.29 is 14.3 Å². The van der Waals surface area contributed by atoms with Gasteiger partial charge < -0.3 is 14.8 Å². The number of ether oxygens (including phenoxy) is 2. The molecule has 33 heavy (non-hydrogen) atoms. The van der Waals surface area contributed by atoms with Crippen LogP contribution >= 0.6 is 22.9 Å². The van der Waals surface area contributed by atoms with Crippen molar-refractivity contribution in [1.29, 1.82) is 0 Å². The average molecular weight is 485 g/mol. The first-order chi connectivity index (χ1) is 15.8. The molecule has 1 N–H and O–H groups in total. The zero-order chi connectivity index (χ0) is 23.7. The van der Waals surface area contributed by atoms with Crippen molar-refractivity contribution in [3.63, 3.8) is 0 Å². The number of amides is 1. The molecule has 2 heterocycles. The Hall–Kier alpha value is -3.43. The van der Waals surface area contributed by atoms with Crippen molar-refractivity contribution in [3.8, 4) is 22.8 Å². The molecule has 0 saturated heterocycles. The van der Waals surface area contributed by atoms with Crippen LogP contribution in [0.15, 0.2) is 41.2 Å². The van der Waals surface area contributed by atoms with Gasteiger partial charge in [0.25, 0.3) is 5.56 Å². The number of anilines is 1. The Balaban J connectivity index is 1.75. The molecule has 4 aromatic rings. The fraction of sp³-hybridized carbons (Fsp3) is 0.217. The van der Waals surface area contributed by atoms with Gasteiger partial charge in [-0.15, -0.1) is 11.3 Å². The number of carbonyl (C=O) groups is 1. The monoisotopic (exact) mass is 484 g/mol. The van der Waals surface area contributed by atoms with E-state index in [-0.39, 0.29) is 12.1 Å². The second kappa shape index (κ2) is 9.21. The van der Waals surface area contributed by atoms with Crippen LogP contribution < -0.4 is 20.3 Å². The van der Waals surface area contributed by atoms with Gasteiger partial charge in [0.15, 0.2) is 17.0 Å². The molecule has 0 saturated carbocycles. The highest BCUT2D eigenvalue weighted by molar-refractivity contribution is 7.19. The predicted molar refractivity (Wildman–Crippen MR) is 130 cm³/mol. The van der Waals surface area contributed by atoms with Crippen molar-refractivity contribution in [2.24, 2.45) is 0 Å². The molecule has 170 valence electrons. The lowest BCUT2D eigenvalue weighted by molar-refractivity contribution is -0.117. The minimum absolute atomic E-state index is 0.267. The van der Waals surface area contributed by atoms with Crippen molar-refractivity contribution in [2.45, 2.75) is 20.4 Å². The number of aryl methyl sites for hydroxylation is 2. The molecule has 0 bridgehead atoms. The van der Waals surface area contributed by atoms with Crippen LogP contribution in [-0.4, -0.2) is 34.9 Å². The van der Waals surface area contributed by atoms with Gasteiger partial charge in [-0.05, 0) is 49.7 Å². The summed E-state index contributed by atoms with van der Waals surface area (Å²) in [6, 6.07) is 10.6. The third kappa shape index (κ3) is 4.55. The number of hydrogen-bond acceptors (Lipinski definition) is 7. The molecule has 2 aromatic heterocycles. The summed E-state index contributed by atoms with van der Waals surface area (Å²) < 4.78 is 12.5. The predicted octanol–water partition coefficient (Wildman–Crippen LogP) is 4.45. The third-order valence-electron chi connectivity index (χ3n) is 5.01. The quantitative estimate of drug-likeness (QED) is 0.434. The average Bonchev–Trinajstić information content (AvgIpc) is 3.19. The van der Waals surface area contributed by atoms with Gasteiger partial charge in [0.2, 0.25) is 5.91 Å². The molecule has 8 nitrogen and oxygen atoms in total. The summed E-state index contributed by atoms with van der Waals surface area (Å²) in [5, 5.41) is 8.54. The van der Waals surface area contributed by atoms with Gasteiger partial charge in [-0.3, -0.25) is 9.59 Å². The van der Waals surface area contributed by atoms with E-state index in [4.69, 9.17) is 21.1 Å². The minimum atomic E-state index is -0.435. The van der Waals surface area contributed by atoms with Crippen LogP contribution in [0.4, 0.5) is 5.69 Å². The Labute approximate surface area is 198 Å². The summed E-state index contributed by atoms with van der Waals surface area (Å²) in [7, 11) is 3.10. The van der Waals surface area contributed by atoms with Gasteiger partial charge in [0.1, 0.15) is 12.2 Å². The number of carbonyl (C=O) groups excluding carboxylic acids is 1. The van der Waals surface area contributed by atoms with E-state index in [1.165, 1.54) is 11.3 Å². The number of rotatable bonds is 6. The van der Waals surface area contributed by atoms with Crippen molar-refractivity contribution >= 4 is 44.7 Å². The standard InChI is InChI=1S/C23H21ClN4O4S/c1-12-5-7-15(10-16(12)24)26-19(29)11-28-23(30)21-22(33-13(2)25-21)20(27-28)14-6-8-17(31-3)18(9-14)32-4/h5-10H,11H2,1-4H3,(H,26,29). The first-order valence-corrected chi connectivity index (χ1v) is 11.2. The molecule has 10 heteroatoms. The molecule has 2 aromatic carbocycles. The number of fused-ring (bicyclic) bond motifs is 1. The van der Waals surface area contributed by atoms with Gasteiger partial charge in [0, 0.05) is 16.3 Å². The normalized spacial score (nSPS) is 10.9. The van der Waals surface area contributed by atoms with Crippen LogP contribution in [0.5, 0.6) is 11.5 Å². The molecular weight excluding hydrogens is 464 g/mol. The fourth-order valence-electron chi connectivity index (χ4n) is 3.35. The number of thiazole rings is 1. The van der Waals surface area contributed by atoms with E-state index < -0.39 is 11.5 Å². The Morgan fingerprint density at radius 2 is 1.88 bits per heavy atom. The van der Waals surface area contributed by atoms with E-state index >= 15 is 0 Å². The maximum absolute atomic E-state index is 13.0. The molecule has 0 radical (unpaired) electrons. The summed E-state index contributed by atoms with van der Waals surface area (Å²) >= 11 is 7.51. The first-order valence-electron chi connectivity index (χ1n) is 9.97. The molecule has 0 aliphatic heterocycles. The first kappa shape index (κ1) is 22.8. The van der Waals surface area contributed by atoms with E-state index in [9.17, 15) is 9.59 Å². The number of benzene rings is 2. The van der Waals surface area contributed by atoms with Crippen molar-refractivity contribution in [3.05, 3.63) is 62.3 Å². The topological polar surface area (TPSA) is 95.3 Å². The molecular formula is C23H21ClN4O4S. The van der Waals surface area contributed by atoms with Gasteiger partial charge in [-0.25, -0.2) is 9.67 Å². The van der Waals surface area contributed by atoms with Crippen LogP contribution in [0.2, 0.25) is 5.02 Å². The van der Waals surface area contributed by atoms with Crippen LogP contribution in [0.25, 0.3) is 21.5 Å². The SMILES string of the molecule is COc1ccc(-c2nn(CC(=O)Nc3ccc(C)c(Cl)c3)c(=O)c3nc(C)sc23)cc1OC. The largest absolute Gasteiger partial charge is 0.493 e. The lowest BCUT2D eigenvalue weighted by Crippen LogP contribution is -2.30. The number of aromatic nitrogens is 3. The summed E-state index contributed by atoms with van der Waals surface area (Å²) in [5.74, 6) is 0.689. The molecule has 0 unspecified atom stereocenters. The summed E-state index contributed by atoms with van der Waals surface area (Å²) in [6.07, 6.45) is 0. The molecule has 1 amide bonds. The number of methoxy groups -OCH3 is 2. The Morgan fingerprint density at radius 3 is 2.58 bits per heavy atom. The molecule has 0 fully saturated rings. The number of hydrogen-bond donors (Lipinski definition) is 1. The van der Waals surface area contributed by atoms with Gasteiger partial charge in [-0.2, -0.15) is 5.10 Å². The maximum Gasteiger partial charge on any atom is 0.294 e. The second-order valence-corrected chi connectivity index (χ2v) is 8.91. The van der Waals surface area contributed by atoms with E-state index in [1.807, 2.05) is 26.0 Å². The van der Waals surface area contributed by atoms with E-state index in [1.54, 1.807) is 38.5 Å². The van der Waals surface area contributed by atoms with Crippen LogP contribution in [0.3, 0.4) is 0 Å². The van der Waals surface area contributed by atoms with Crippen LogP contribution in [0.1, 0.15) is 10.6 Å². The van der Waals surface area contributed by atoms with Gasteiger partial charge in [-0.1, -0.05) is 17.7 Å². The summed E-state index contributed by atoms with van der Waals surface area (Å²) in [6.45, 7) is 3.41. The summed E-state index contributed by atoms with van der Waals surface area (Å²) in [5.41, 5.74) is 2.51. The minimum Gasteiger partial charge on any atom is -0.493 e. The zero-order valence-electron chi connectivity index (χ0n) is 18.4. The highest BCUT2D eigenvalue weighted by Crippen LogP contribution is 2.35. The molecule has 4 rings (SSSR count). The zero-order valence-corrected chi connectivity index (χ0v) is 20.0. The lowest BCUT2D eigenvalue weighted by Gasteiger charge is -2.12. The van der Waals surface area contributed by atoms with Crippen LogP contribution in [0, 0.1) is 13.8 Å². The molecule has 0 aliphatic carbocycles. The molecule has 0 spiro atoms. The van der Waals surface area contributed by atoms with E-state index in [2.05, 4.69) is 15.4 Å². The van der Waals surface area contributed by atoms with E-state index in [0.29, 0.717) is 38.2 Å². The number of halogens is 1. The third-order valence-corrected chi connectivity index (χ3v) is 6.40. The Bertz CT molecular complexity index is 1430. The highest BCUT2D eigenvalue weighted by Gasteiger charge is 2.19. The number of nitrogens with one attached hydrogen (secondary N) is 1. The molecule has 0 atom stereocenters. The van der Waals surface area contributed by atoms with Gasteiger partial charge in [0.05, 0.1) is 23.9 Å². The Kier molecular flexibility index (Phi) is 6.35. The fourth-order valence-corrected chi connectivity index (χ4v) is 4.45. The van der Waals surface area contributed by atoms with Crippen molar-refractivity contribution in [1.82, 2.24) is 14.8 Å². The maximum atomic E-state index is 13.0.